The standard InChI is InChI=1S/C10H14N2O/c11-5-9-6-12-4-3-10(9)13-7-8-1-2-8/h3-4,6,8H,1-2,5,7,11H2. The highest BCUT2D eigenvalue weighted by atomic mass is 16.5. The van der Waals surface area contributed by atoms with Crippen molar-refractivity contribution < 1.29 is 4.74 Å². The van der Waals surface area contributed by atoms with Crippen LogP contribution in [0.15, 0.2) is 18.5 Å². The van der Waals surface area contributed by atoms with Gasteiger partial charge in [-0.05, 0) is 24.8 Å². The smallest absolute Gasteiger partial charge is 0.126 e. The SMILES string of the molecule is NCc1cnccc1OCC1CC1. The van der Waals surface area contributed by atoms with Crippen LogP contribution in [0.3, 0.4) is 0 Å². The summed E-state index contributed by atoms with van der Waals surface area (Å²) < 4.78 is 5.63. The fourth-order valence-electron chi connectivity index (χ4n) is 1.20. The van der Waals surface area contributed by atoms with E-state index in [9.17, 15) is 0 Å². The maximum absolute atomic E-state index is 5.63. The molecular formula is C10H14N2O. The van der Waals surface area contributed by atoms with E-state index in [0.717, 1.165) is 23.8 Å². The van der Waals surface area contributed by atoms with Gasteiger partial charge in [-0.3, -0.25) is 4.98 Å². The highest BCUT2D eigenvalue weighted by Gasteiger charge is 2.22. The predicted molar refractivity (Wildman–Crippen MR) is 50.3 cm³/mol. The summed E-state index contributed by atoms with van der Waals surface area (Å²) in [5.41, 5.74) is 6.54. The summed E-state index contributed by atoms with van der Waals surface area (Å²) >= 11 is 0. The van der Waals surface area contributed by atoms with Crippen LogP contribution in [-0.4, -0.2) is 11.6 Å². The Morgan fingerprint density at radius 1 is 1.54 bits per heavy atom. The second kappa shape index (κ2) is 3.75. The molecule has 0 spiro atoms. The second-order valence-corrected chi connectivity index (χ2v) is 3.44. The van der Waals surface area contributed by atoms with E-state index in [1.807, 2.05) is 6.07 Å². The lowest BCUT2D eigenvalue weighted by Crippen LogP contribution is -2.05. The highest BCUT2D eigenvalue weighted by Crippen LogP contribution is 2.30. The first-order valence-electron chi connectivity index (χ1n) is 4.66. The minimum atomic E-state index is 0.494. The molecule has 70 valence electrons. The molecule has 1 aromatic heterocycles. The Kier molecular flexibility index (Phi) is 2.45. The van der Waals surface area contributed by atoms with Gasteiger partial charge in [0.1, 0.15) is 5.75 Å². The Morgan fingerprint density at radius 3 is 3.08 bits per heavy atom. The lowest BCUT2D eigenvalue weighted by Gasteiger charge is -2.08. The molecule has 3 heteroatoms. The fraction of sp³-hybridized carbons (Fsp3) is 0.500. The summed E-state index contributed by atoms with van der Waals surface area (Å²) in [6.45, 7) is 1.32. The van der Waals surface area contributed by atoms with Crippen LogP contribution in [0.25, 0.3) is 0 Å². The van der Waals surface area contributed by atoms with Crippen molar-refractivity contribution in [2.45, 2.75) is 19.4 Å². The van der Waals surface area contributed by atoms with Crippen LogP contribution < -0.4 is 10.5 Å². The van der Waals surface area contributed by atoms with Gasteiger partial charge >= 0.3 is 0 Å². The predicted octanol–water partition coefficient (Wildman–Crippen LogP) is 1.33. The molecule has 1 saturated carbocycles. The van der Waals surface area contributed by atoms with Crippen LogP contribution in [-0.2, 0) is 6.54 Å². The van der Waals surface area contributed by atoms with Gasteiger partial charge in [0.25, 0.3) is 0 Å². The first kappa shape index (κ1) is 8.51. The van der Waals surface area contributed by atoms with Crippen LogP contribution in [0.4, 0.5) is 0 Å². The van der Waals surface area contributed by atoms with Crippen molar-refractivity contribution in [2.24, 2.45) is 11.7 Å². The zero-order valence-corrected chi connectivity index (χ0v) is 7.57. The molecule has 1 aliphatic rings. The Hall–Kier alpha value is -1.09. The lowest BCUT2D eigenvalue weighted by atomic mass is 10.2. The number of ether oxygens (including phenoxy) is 1. The van der Waals surface area contributed by atoms with Crippen LogP contribution in [0.2, 0.25) is 0 Å². The molecule has 0 aliphatic heterocycles. The number of pyridine rings is 1. The van der Waals surface area contributed by atoms with Crippen molar-refractivity contribution in [1.29, 1.82) is 0 Å². The normalized spacial score (nSPS) is 15.8. The van der Waals surface area contributed by atoms with E-state index in [0.29, 0.717) is 6.54 Å². The maximum atomic E-state index is 5.63. The average Bonchev–Trinajstić information content (AvgIpc) is 2.99. The zero-order valence-electron chi connectivity index (χ0n) is 7.57. The molecule has 1 fully saturated rings. The van der Waals surface area contributed by atoms with Gasteiger partial charge in [0.15, 0.2) is 0 Å². The number of nitrogens with two attached hydrogens (primary N) is 1. The summed E-state index contributed by atoms with van der Waals surface area (Å²) in [7, 11) is 0. The number of hydrogen-bond acceptors (Lipinski definition) is 3. The largest absolute Gasteiger partial charge is 0.493 e. The van der Waals surface area contributed by atoms with E-state index in [1.165, 1.54) is 12.8 Å². The lowest BCUT2D eigenvalue weighted by molar-refractivity contribution is 0.296. The summed E-state index contributed by atoms with van der Waals surface area (Å²) in [6.07, 6.45) is 6.12. The second-order valence-electron chi connectivity index (χ2n) is 3.44. The van der Waals surface area contributed by atoms with E-state index < -0.39 is 0 Å². The minimum absolute atomic E-state index is 0.494. The fourth-order valence-corrected chi connectivity index (χ4v) is 1.20. The molecule has 0 saturated heterocycles. The molecule has 2 rings (SSSR count). The minimum Gasteiger partial charge on any atom is -0.493 e. The first-order chi connectivity index (χ1) is 6.40. The summed E-state index contributed by atoms with van der Waals surface area (Å²) in [5.74, 6) is 1.67. The third-order valence-electron chi connectivity index (χ3n) is 2.25. The molecule has 1 aromatic rings. The van der Waals surface area contributed by atoms with Crippen molar-refractivity contribution in [2.75, 3.05) is 6.61 Å². The van der Waals surface area contributed by atoms with Crippen LogP contribution in [0.1, 0.15) is 18.4 Å². The quantitative estimate of drug-likeness (QED) is 0.756. The van der Waals surface area contributed by atoms with Crippen molar-refractivity contribution in [3.63, 3.8) is 0 Å². The molecule has 0 unspecified atom stereocenters. The van der Waals surface area contributed by atoms with Crippen LogP contribution >= 0.6 is 0 Å². The van der Waals surface area contributed by atoms with Gasteiger partial charge in [-0.25, -0.2) is 0 Å². The first-order valence-corrected chi connectivity index (χ1v) is 4.66. The van der Waals surface area contributed by atoms with E-state index in [-0.39, 0.29) is 0 Å². The molecule has 0 aromatic carbocycles. The summed E-state index contributed by atoms with van der Waals surface area (Å²) in [6, 6.07) is 1.88. The molecular weight excluding hydrogens is 164 g/mol. The van der Waals surface area contributed by atoms with Crippen molar-refractivity contribution in [3.05, 3.63) is 24.0 Å². The van der Waals surface area contributed by atoms with E-state index in [1.54, 1.807) is 12.4 Å². The molecule has 2 N–H and O–H groups in total. The van der Waals surface area contributed by atoms with Gasteiger partial charge in [0.05, 0.1) is 6.61 Å². The van der Waals surface area contributed by atoms with Crippen molar-refractivity contribution >= 4 is 0 Å². The number of aromatic nitrogens is 1. The van der Waals surface area contributed by atoms with Crippen LogP contribution in [0, 0.1) is 5.92 Å². The topological polar surface area (TPSA) is 48.1 Å². The van der Waals surface area contributed by atoms with Crippen molar-refractivity contribution in [3.8, 4) is 5.75 Å². The molecule has 3 nitrogen and oxygen atoms in total. The molecule has 13 heavy (non-hydrogen) atoms. The van der Waals surface area contributed by atoms with E-state index in [2.05, 4.69) is 4.98 Å². The van der Waals surface area contributed by atoms with Crippen LogP contribution in [0.5, 0.6) is 5.75 Å². The van der Waals surface area contributed by atoms with Gasteiger partial charge < -0.3 is 10.5 Å². The number of rotatable bonds is 4. The van der Waals surface area contributed by atoms with Gasteiger partial charge in [-0.2, -0.15) is 0 Å². The monoisotopic (exact) mass is 178 g/mol. The Morgan fingerprint density at radius 2 is 2.38 bits per heavy atom. The van der Waals surface area contributed by atoms with Gasteiger partial charge in [-0.1, -0.05) is 0 Å². The third-order valence-corrected chi connectivity index (χ3v) is 2.25. The molecule has 1 heterocycles. The molecule has 1 aliphatic carbocycles. The Labute approximate surface area is 77.9 Å². The van der Waals surface area contributed by atoms with E-state index in [4.69, 9.17) is 10.5 Å². The van der Waals surface area contributed by atoms with E-state index >= 15 is 0 Å². The van der Waals surface area contributed by atoms with Gasteiger partial charge in [0.2, 0.25) is 0 Å². The summed E-state index contributed by atoms with van der Waals surface area (Å²) in [5, 5.41) is 0. The Balaban J connectivity index is 1.99. The maximum Gasteiger partial charge on any atom is 0.126 e. The van der Waals surface area contributed by atoms with Gasteiger partial charge in [-0.15, -0.1) is 0 Å². The molecule has 0 bridgehead atoms. The average molecular weight is 178 g/mol. The number of nitrogens with zero attached hydrogens (tertiary/aromatic N) is 1. The number of hydrogen-bond donors (Lipinski definition) is 1. The third kappa shape index (κ3) is 2.18. The van der Waals surface area contributed by atoms with Gasteiger partial charge in [0, 0.05) is 24.5 Å². The molecule has 0 atom stereocenters. The Bertz CT molecular complexity index is 284. The summed E-state index contributed by atoms with van der Waals surface area (Å²) in [4.78, 5) is 4.00. The highest BCUT2D eigenvalue weighted by molar-refractivity contribution is 5.29. The molecule has 0 radical (unpaired) electrons. The van der Waals surface area contributed by atoms with Crippen molar-refractivity contribution in [1.82, 2.24) is 4.98 Å². The molecule has 0 amide bonds. The zero-order chi connectivity index (χ0) is 9.10.